The van der Waals surface area contributed by atoms with Gasteiger partial charge in [-0.1, -0.05) is 6.07 Å². The van der Waals surface area contributed by atoms with Gasteiger partial charge in [0.1, 0.15) is 5.54 Å². The predicted octanol–water partition coefficient (Wildman–Crippen LogP) is 1.03. The van der Waals surface area contributed by atoms with Gasteiger partial charge in [0.25, 0.3) is 17.7 Å². The summed E-state index contributed by atoms with van der Waals surface area (Å²) in [5, 5.41) is 7.94. The molecule has 8 heteroatoms. The minimum atomic E-state index is -0.924. The first-order valence-corrected chi connectivity index (χ1v) is 9.70. The van der Waals surface area contributed by atoms with Crippen molar-refractivity contribution in [1.29, 1.82) is 0 Å². The summed E-state index contributed by atoms with van der Waals surface area (Å²) in [5.74, 6) is -0.605. The Kier molecular flexibility index (Phi) is 4.56. The van der Waals surface area contributed by atoms with Crippen LogP contribution in [0.3, 0.4) is 0 Å². The van der Waals surface area contributed by atoms with E-state index in [-0.39, 0.29) is 29.7 Å². The Hall–Kier alpha value is -2.90. The Morgan fingerprint density at radius 2 is 1.79 bits per heavy atom. The van der Waals surface area contributed by atoms with Crippen molar-refractivity contribution in [2.45, 2.75) is 44.2 Å². The fourth-order valence-electron chi connectivity index (χ4n) is 3.98. The number of amides is 5. The number of hydrogen-bond acceptors (Lipinski definition) is 4. The van der Waals surface area contributed by atoms with Crippen LogP contribution in [0.15, 0.2) is 24.3 Å². The topological polar surface area (TPSA) is 108 Å². The largest absolute Gasteiger partial charge is 0.349 e. The number of nitrogens with zero attached hydrogens (tertiary/aromatic N) is 1. The van der Waals surface area contributed by atoms with Gasteiger partial charge >= 0.3 is 6.03 Å². The van der Waals surface area contributed by atoms with E-state index in [1.807, 2.05) is 0 Å². The maximum atomic E-state index is 12.9. The van der Waals surface area contributed by atoms with Crippen LogP contribution in [0.5, 0.6) is 0 Å². The molecule has 5 amide bonds. The standard InChI is InChI=1S/C20H24N4O4/c1-20(18(27)22-19(28)23-20)14-7-9-24(10-8-14)17(26)13-4-2-3-12(11-13)16(25)21-15-5-6-15/h2-4,11,14-15H,5-10H2,1H3,(H,21,25)(H2,22,23,27,28). The minimum Gasteiger partial charge on any atom is -0.349 e. The number of carbonyl (C=O) groups excluding carboxylic acids is 4. The Balaban J connectivity index is 1.39. The van der Waals surface area contributed by atoms with E-state index in [0.717, 1.165) is 12.8 Å². The molecule has 3 aliphatic rings. The zero-order valence-electron chi connectivity index (χ0n) is 15.8. The molecule has 4 rings (SSSR count). The molecule has 0 radical (unpaired) electrons. The second-order valence-electron chi connectivity index (χ2n) is 8.01. The zero-order chi connectivity index (χ0) is 19.9. The van der Waals surface area contributed by atoms with Gasteiger partial charge in [0.15, 0.2) is 0 Å². The number of imide groups is 1. The molecule has 8 nitrogen and oxygen atoms in total. The molecule has 1 atom stereocenters. The van der Waals surface area contributed by atoms with Gasteiger partial charge in [0.2, 0.25) is 0 Å². The van der Waals surface area contributed by atoms with E-state index in [1.54, 1.807) is 36.1 Å². The fourth-order valence-corrected chi connectivity index (χ4v) is 3.98. The first kappa shape index (κ1) is 18.5. The normalized spacial score (nSPS) is 25.2. The third-order valence-electron chi connectivity index (χ3n) is 5.95. The summed E-state index contributed by atoms with van der Waals surface area (Å²) in [6, 6.07) is 6.59. The Morgan fingerprint density at radius 1 is 1.11 bits per heavy atom. The number of hydrogen-bond donors (Lipinski definition) is 3. The van der Waals surface area contributed by atoms with Crippen LogP contribution < -0.4 is 16.0 Å². The van der Waals surface area contributed by atoms with Gasteiger partial charge in [0, 0.05) is 30.3 Å². The Morgan fingerprint density at radius 3 is 2.39 bits per heavy atom. The van der Waals surface area contributed by atoms with Crippen molar-refractivity contribution in [3.63, 3.8) is 0 Å². The molecule has 3 fully saturated rings. The van der Waals surface area contributed by atoms with Crippen LogP contribution in [0.4, 0.5) is 4.79 Å². The average Bonchev–Trinajstić information content (AvgIpc) is 3.46. The SMILES string of the molecule is CC1(C2CCN(C(=O)c3cccc(C(=O)NC4CC4)c3)CC2)NC(=O)NC1=O. The summed E-state index contributed by atoms with van der Waals surface area (Å²) in [6.07, 6.45) is 3.27. The van der Waals surface area contributed by atoms with Crippen LogP contribution in [0.25, 0.3) is 0 Å². The number of piperidine rings is 1. The number of urea groups is 1. The van der Waals surface area contributed by atoms with Crippen molar-refractivity contribution in [3.8, 4) is 0 Å². The van der Waals surface area contributed by atoms with Crippen molar-refractivity contribution < 1.29 is 19.2 Å². The molecule has 2 aliphatic heterocycles. The molecule has 1 aromatic carbocycles. The van der Waals surface area contributed by atoms with Gasteiger partial charge in [-0.25, -0.2) is 4.79 Å². The molecule has 0 spiro atoms. The van der Waals surface area contributed by atoms with Crippen LogP contribution in [-0.4, -0.2) is 53.3 Å². The molecule has 148 valence electrons. The molecular formula is C20H24N4O4. The van der Waals surface area contributed by atoms with Crippen LogP contribution >= 0.6 is 0 Å². The van der Waals surface area contributed by atoms with Crippen molar-refractivity contribution in [1.82, 2.24) is 20.9 Å². The van der Waals surface area contributed by atoms with Crippen molar-refractivity contribution in [2.75, 3.05) is 13.1 Å². The van der Waals surface area contributed by atoms with E-state index >= 15 is 0 Å². The van der Waals surface area contributed by atoms with Gasteiger partial charge in [-0.05, 0) is 56.7 Å². The molecule has 3 N–H and O–H groups in total. The summed E-state index contributed by atoms with van der Waals surface area (Å²) in [4.78, 5) is 50.4. The maximum absolute atomic E-state index is 12.9. The van der Waals surface area contributed by atoms with Crippen LogP contribution in [0.2, 0.25) is 0 Å². The van der Waals surface area contributed by atoms with Crippen molar-refractivity contribution >= 4 is 23.8 Å². The number of nitrogens with one attached hydrogen (secondary N) is 3. The lowest BCUT2D eigenvalue weighted by Crippen LogP contribution is -2.54. The van der Waals surface area contributed by atoms with E-state index in [0.29, 0.717) is 37.1 Å². The van der Waals surface area contributed by atoms with Gasteiger partial charge in [-0.3, -0.25) is 19.7 Å². The summed E-state index contributed by atoms with van der Waals surface area (Å²) >= 11 is 0. The lowest BCUT2D eigenvalue weighted by molar-refractivity contribution is -0.125. The second-order valence-corrected chi connectivity index (χ2v) is 8.01. The summed E-state index contributed by atoms with van der Waals surface area (Å²) in [5.41, 5.74) is 0.0537. The van der Waals surface area contributed by atoms with Crippen LogP contribution in [-0.2, 0) is 4.79 Å². The molecule has 1 saturated carbocycles. The molecule has 2 heterocycles. The number of benzene rings is 1. The van der Waals surface area contributed by atoms with Gasteiger partial charge in [0.05, 0.1) is 0 Å². The molecule has 28 heavy (non-hydrogen) atoms. The molecule has 2 saturated heterocycles. The first-order valence-electron chi connectivity index (χ1n) is 9.70. The van der Waals surface area contributed by atoms with Crippen molar-refractivity contribution in [3.05, 3.63) is 35.4 Å². The molecular weight excluding hydrogens is 360 g/mol. The van der Waals surface area contributed by atoms with E-state index in [1.165, 1.54) is 0 Å². The highest BCUT2D eigenvalue weighted by molar-refractivity contribution is 6.07. The second kappa shape index (κ2) is 6.92. The third kappa shape index (κ3) is 3.46. The van der Waals surface area contributed by atoms with E-state index in [4.69, 9.17) is 0 Å². The van der Waals surface area contributed by atoms with E-state index < -0.39 is 11.6 Å². The minimum absolute atomic E-state index is 0.0290. The lowest BCUT2D eigenvalue weighted by Gasteiger charge is -2.38. The third-order valence-corrected chi connectivity index (χ3v) is 5.95. The number of likely N-dealkylation sites (tertiary alicyclic amines) is 1. The highest BCUT2D eigenvalue weighted by atomic mass is 16.2. The molecule has 0 bridgehead atoms. The molecule has 1 aromatic rings. The molecule has 1 unspecified atom stereocenters. The summed E-state index contributed by atoms with van der Waals surface area (Å²) in [6.45, 7) is 2.73. The van der Waals surface area contributed by atoms with Gasteiger partial charge in [-0.15, -0.1) is 0 Å². The van der Waals surface area contributed by atoms with Gasteiger partial charge < -0.3 is 15.5 Å². The van der Waals surface area contributed by atoms with Gasteiger partial charge in [-0.2, -0.15) is 0 Å². The Labute approximate surface area is 163 Å². The summed E-state index contributed by atoms with van der Waals surface area (Å²) in [7, 11) is 0. The van der Waals surface area contributed by atoms with Crippen LogP contribution in [0.1, 0.15) is 53.3 Å². The van der Waals surface area contributed by atoms with E-state index in [2.05, 4.69) is 16.0 Å². The Bertz CT molecular complexity index is 842. The monoisotopic (exact) mass is 384 g/mol. The first-order chi connectivity index (χ1) is 13.4. The molecule has 1 aliphatic carbocycles. The van der Waals surface area contributed by atoms with E-state index in [9.17, 15) is 19.2 Å². The number of rotatable bonds is 4. The molecule has 0 aromatic heterocycles. The highest BCUT2D eigenvalue weighted by Gasteiger charge is 2.48. The summed E-state index contributed by atoms with van der Waals surface area (Å²) < 4.78 is 0. The average molecular weight is 384 g/mol. The maximum Gasteiger partial charge on any atom is 0.322 e. The fraction of sp³-hybridized carbons (Fsp3) is 0.500. The highest BCUT2D eigenvalue weighted by Crippen LogP contribution is 2.31. The van der Waals surface area contributed by atoms with Crippen LogP contribution in [0, 0.1) is 5.92 Å². The lowest BCUT2D eigenvalue weighted by atomic mass is 9.79. The quantitative estimate of drug-likeness (QED) is 0.674. The number of carbonyl (C=O) groups is 4. The van der Waals surface area contributed by atoms with Crippen molar-refractivity contribution in [2.24, 2.45) is 5.92 Å². The zero-order valence-corrected chi connectivity index (χ0v) is 15.8. The predicted molar refractivity (Wildman–Crippen MR) is 101 cm³/mol. The smallest absolute Gasteiger partial charge is 0.322 e.